The van der Waals surface area contributed by atoms with Crippen LogP contribution in [0.2, 0.25) is 0 Å². The lowest BCUT2D eigenvalue weighted by molar-refractivity contribution is -0.139. The Hall–Kier alpha value is -2.14. The van der Waals surface area contributed by atoms with Crippen molar-refractivity contribution in [2.45, 2.75) is 18.9 Å². The number of carboxylic acid groups (broad SMARTS) is 1. The maximum atomic E-state index is 11.9. The molecule has 1 atom stereocenters. The third kappa shape index (κ3) is 3.93. The summed E-state index contributed by atoms with van der Waals surface area (Å²) in [5.41, 5.74) is 1.06. The van der Waals surface area contributed by atoms with Crippen molar-refractivity contribution < 1.29 is 14.7 Å². The molecule has 0 aliphatic heterocycles. The zero-order valence-corrected chi connectivity index (χ0v) is 11.6. The van der Waals surface area contributed by atoms with Crippen molar-refractivity contribution in [3.05, 3.63) is 58.3 Å². The third-order valence-corrected chi connectivity index (χ3v) is 3.78. The molecule has 1 heterocycles. The fourth-order valence-corrected chi connectivity index (χ4v) is 2.48. The molecule has 0 aliphatic rings. The molecule has 5 heteroatoms. The number of aryl methyl sites for hydroxylation is 1. The van der Waals surface area contributed by atoms with E-state index < -0.39 is 12.0 Å². The number of aliphatic carboxylic acids is 1. The molecular formula is C15H15NO3S. The van der Waals surface area contributed by atoms with Crippen LogP contribution in [0.25, 0.3) is 0 Å². The smallest absolute Gasteiger partial charge is 0.326 e. The summed E-state index contributed by atoms with van der Waals surface area (Å²) in [6, 6.07) is 12.2. The van der Waals surface area contributed by atoms with Crippen LogP contribution >= 0.6 is 11.3 Å². The van der Waals surface area contributed by atoms with E-state index in [0.717, 1.165) is 5.56 Å². The van der Waals surface area contributed by atoms with Crippen molar-refractivity contribution in [2.75, 3.05) is 0 Å². The van der Waals surface area contributed by atoms with Gasteiger partial charge in [0.05, 0.1) is 4.88 Å². The van der Waals surface area contributed by atoms with Gasteiger partial charge in [-0.05, 0) is 29.9 Å². The van der Waals surface area contributed by atoms with Gasteiger partial charge in [-0.15, -0.1) is 11.3 Å². The first-order valence-corrected chi connectivity index (χ1v) is 7.16. The number of rotatable bonds is 6. The minimum atomic E-state index is -1.01. The first kappa shape index (κ1) is 14.3. The van der Waals surface area contributed by atoms with Crippen LogP contribution in [0, 0.1) is 0 Å². The maximum absolute atomic E-state index is 11.9. The molecule has 0 saturated carbocycles. The number of carbonyl (C=O) groups excluding carboxylic acids is 1. The molecule has 2 rings (SSSR count). The van der Waals surface area contributed by atoms with E-state index in [4.69, 9.17) is 0 Å². The van der Waals surface area contributed by atoms with Crippen molar-refractivity contribution in [3.8, 4) is 0 Å². The van der Waals surface area contributed by atoms with Gasteiger partial charge in [-0.1, -0.05) is 36.4 Å². The Kier molecular flexibility index (Phi) is 4.90. The van der Waals surface area contributed by atoms with Crippen molar-refractivity contribution in [1.29, 1.82) is 0 Å². The maximum Gasteiger partial charge on any atom is 0.326 e. The molecule has 0 fully saturated rings. The van der Waals surface area contributed by atoms with E-state index in [9.17, 15) is 14.7 Å². The zero-order chi connectivity index (χ0) is 14.4. The Morgan fingerprint density at radius 1 is 1.15 bits per heavy atom. The lowest BCUT2D eigenvalue weighted by atomic mass is 10.1. The van der Waals surface area contributed by atoms with Crippen LogP contribution in [-0.4, -0.2) is 23.0 Å². The molecule has 1 amide bonds. The molecule has 0 radical (unpaired) electrons. The van der Waals surface area contributed by atoms with Crippen LogP contribution in [0.3, 0.4) is 0 Å². The number of carbonyl (C=O) groups is 2. The Labute approximate surface area is 121 Å². The molecule has 0 aliphatic carbocycles. The monoisotopic (exact) mass is 289 g/mol. The van der Waals surface area contributed by atoms with Gasteiger partial charge in [0.15, 0.2) is 0 Å². The van der Waals surface area contributed by atoms with Crippen LogP contribution in [0.15, 0.2) is 47.8 Å². The third-order valence-electron chi connectivity index (χ3n) is 2.91. The van der Waals surface area contributed by atoms with Gasteiger partial charge in [-0.2, -0.15) is 0 Å². The van der Waals surface area contributed by atoms with Crippen LogP contribution in [-0.2, 0) is 11.2 Å². The molecule has 20 heavy (non-hydrogen) atoms. The minimum absolute atomic E-state index is 0.333. The SMILES string of the molecule is O=C(N[C@@H](CCc1ccccc1)C(=O)O)c1cccs1. The van der Waals surface area contributed by atoms with E-state index in [1.165, 1.54) is 11.3 Å². The Bertz CT molecular complexity index is 566. The van der Waals surface area contributed by atoms with Crippen molar-refractivity contribution in [3.63, 3.8) is 0 Å². The number of benzene rings is 1. The zero-order valence-electron chi connectivity index (χ0n) is 10.8. The van der Waals surface area contributed by atoms with Crippen LogP contribution in [0.1, 0.15) is 21.7 Å². The quantitative estimate of drug-likeness (QED) is 0.859. The van der Waals surface area contributed by atoms with Crippen molar-refractivity contribution >= 4 is 23.2 Å². The van der Waals surface area contributed by atoms with Gasteiger partial charge < -0.3 is 10.4 Å². The topological polar surface area (TPSA) is 66.4 Å². The molecule has 0 saturated heterocycles. The second-order valence-electron chi connectivity index (χ2n) is 4.37. The first-order chi connectivity index (χ1) is 9.66. The van der Waals surface area contributed by atoms with Gasteiger partial charge in [0, 0.05) is 0 Å². The molecule has 0 bridgehead atoms. The second-order valence-corrected chi connectivity index (χ2v) is 5.31. The molecular weight excluding hydrogens is 274 g/mol. The number of hydrogen-bond donors (Lipinski definition) is 2. The van der Waals surface area contributed by atoms with Gasteiger partial charge in [0.25, 0.3) is 5.91 Å². The predicted molar refractivity (Wildman–Crippen MR) is 78.0 cm³/mol. The molecule has 2 N–H and O–H groups in total. The first-order valence-electron chi connectivity index (χ1n) is 6.28. The highest BCUT2D eigenvalue weighted by Gasteiger charge is 2.20. The fraction of sp³-hybridized carbons (Fsp3) is 0.200. The summed E-state index contributed by atoms with van der Waals surface area (Å²) in [6.45, 7) is 0. The van der Waals surface area contributed by atoms with Crippen LogP contribution in [0.5, 0.6) is 0 Å². The average Bonchev–Trinajstić information content (AvgIpc) is 2.98. The number of thiophene rings is 1. The number of nitrogens with one attached hydrogen (secondary N) is 1. The van der Waals surface area contributed by atoms with E-state index in [1.807, 2.05) is 30.3 Å². The highest BCUT2D eigenvalue weighted by Crippen LogP contribution is 2.10. The Balaban J connectivity index is 1.94. The lowest BCUT2D eigenvalue weighted by Crippen LogP contribution is -2.40. The van der Waals surface area contributed by atoms with E-state index in [-0.39, 0.29) is 5.91 Å². The van der Waals surface area contributed by atoms with Gasteiger partial charge in [-0.3, -0.25) is 4.79 Å². The predicted octanol–water partition coefficient (Wildman–Crippen LogP) is 2.56. The largest absolute Gasteiger partial charge is 0.480 e. The molecule has 1 aromatic heterocycles. The summed E-state index contributed by atoms with van der Waals surface area (Å²) in [6.07, 6.45) is 0.985. The highest BCUT2D eigenvalue weighted by atomic mass is 32.1. The number of amides is 1. The van der Waals surface area contributed by atoms with E-state index in [1.54, 1.807) is 17.5 Å². The van der Waals surface area contributed by atoms with Gasteiger partial charge in [0.1, 0.15) is 6.04 Å². The standard InChI is InChI=1S/C15H15NO3S/c17-14(13-7-4-10-20-13)16-12(15(18)19)9-8-11-5-2-1-3-6-11/h1-7,10,12H,8-9H2,(H,16,17)(H,18,19)/t12-/m0/s1. The number of hydrogen-bond acceptors (Lipinski definition) is 3. The van der Waals surface area contributed by atoms with Crippen LogP contribution in [0.4, 0.5) is 0 Å². The summed E-state index contributed by atoms with van der Waals surface area (Å²) in [4.78, 5) is 23.6. The Morgan fingerprint density at radius 2 is 1.90 bits per heavy atom. The second kappa shape index (κ2) is 6.86. The molecule has 104 valence electrons. The van der Waals surface area contributed by atoms with Gasteiger partial charge in [0.2, 0.25) is 0 Å². The van der Waals surface area contributed by atoms with E-state index in [2.05, 4.69) is 5.32 Å². The summed E-state index contributed by atoms with van der Waals surface area (Å²) in [7, 11) is 0. The fourth-order valence-electron chi connectivity index (χ4n) is 1.85. The normalized spacial score (nSPS) is 11.8. The summed E-state index contributed by atoms with van der Waals surface area (Å²) in [5, 5.41) is 13.5. The van der Waals surface area contributed by atoms with Crippen LogP contribution < -0.4 is 5.32 Å². The van der Waals surface area contributed by atoms with Crippen molar-refractivity contribution in [2.24, 2.45) is 0 Å². The van der Waals surface area contributed by atoms with E-state index >= 15 is 0 Å². The van der Waals surface area contributed by atoms with Gasteiger partial charge >= 0.3 is 5.97 Å². The molecule has 4 nitrogen and oxygen atoms in total. The van der Waals surface area contributed by atoms with Crippen molar-refractivity contribution in [1.82, 2.24) is 5.32 Å². The molecule has 2 aromatic rings. The molecule has 0 unspecified atom stereocenters. The van der Waals surface area contributed by atoms with E-state index in [0.29, 0.717) is 17.7 Å². The molecule has 0 spiro atoms. The summed E-state index contributed by atoms with van der Waals surface area (Å²) >= 11 is 1.29. The average molecular weight is 289 g/mol. The number of carboxylic acids is 1. The minimum Gasteiger partial charge on any atom is -0.480 e. The van der Waals surface area contributed by atoms with Gasteiger partial charge in [-0.25, -0.2) is 4.79 Å². The summed E-state index contributed by atoms with van der Waals surface area (Å²) < 4.78 is 0. The summed E-state index contributed by atoms with van der Waals surface area (Å²) in [5.74, 6) is -1.34. The lowest BCUT2D eigenvalue weighted by Gasteiger charge is -2.13. The molecule has 1 aromatic carbocycles. The Morgan fingerprint density at radius 3 is 2.50 bits per heavy atom. The highest BCUT2D eigenvalue weighted by molar-refractivity contribution is 7.12.